The van der Waals surface area contributed by atoms with Crippen molar-refractivity contribution in [2.24, 2.45) is 5.92 Å². The zero-order chi connectivity index (χ0) is 15.3. The van der Waals surface area contributed by atoms with Gasteiger partial charge in [-0.05, 0) is 37.0 Å². The average molecular weight is 342 g/mol. The highest BCUT2D eigenvalue weighted by Crippen LogP contribution is 2.19. The number of nitrogens with one attached hydrogen (secondary N) is 1. The third-order valence-electron chi connectivity index (χ3n) is 3.08. The summed E-state index contributed by atoms with van der Waals surface area (Å²) in [5.41, 5.74) is 0.861. The van der Waals surface area contributed by atoms with Crippen LogP contribution in [-0.2, 0) is 9.59 Å². The van der Waals surface area contributed by atoms with Crippen LogP contribution in [0.5, 0.6) is 0 Å². The van der Waals surface area contributed by atoms with Crippen molar-refractivity contribution in [1.82, 2.24) is 5.32 Å². The van der Waals surface area contributed by atoms with E-state index in [9.17, 15) is 9.59 Å². The van der Waals surface area contributed by atoms with E-state index in [0.29, 0.717) is 6.42 Å². The maximum atomic E-state index is 12.1. The lowest BCUT2D eigenvalue weighted by Crippen LogP contribution is -2.43. The molecule has 0 aliphatic heterocycles. The zero-order valence-electron chi connectivity index (χ0n) is 11.9. The number of hydrogen-bond acceptors (Lipinski definition) is 2. The molecule has 0 fully saturated rings. The number of hydrogen-bond donors (Lipinski definition) is 2. The molecule has 0 saturated carbocycles. The molecule has 0 heterocycles. The van der Waals surface area contributed by atoms with E-state index in [1.165, 1.54) is 0 Å². The van der Waals surface area contributed by atoms with E-state index in [1.807, 2.05) is 38.1 Å². The fourth-order valence-corrected chi connectivity index (χ4v) is 2.16. The van der Waals surface area contributed by atoms with Gasteiger partial charge in [-0.3, -0.25) is 4.79 Å². The van der Waals surface area contributed by atoms with Crippen LogP contribution >= 0.6 is 15.9 Å². The Balaban J connectivity index is 2.73. The van der Waals surface area contributed by atoms with Crippen LogP contribution in [0.4, 0.5) is 0 Å². The van der Waals surface area contributed by atoms with Gasteiger partial charge in [-0.25, -0.2) is 4.79 Å². The second kappa shape index (κ2) is 7.43. The normalized spacial score (nSPS) is 13.8. The summed E-state index contributed by atoms with van der Waals surface area (Å²) in [7, 11) is 0. The summed E-state index contributed by atoms with van der Waals surface area (Å²) in [6, 6.07) is 6.60. The minimum atomic E-state index is -0.991. The minimum Gasteiger partial charge on any atom is -0.480 e. The van der Waals surface area contributed by atoms with Gasteiger partial charge < -0.3 is 10.4 Å². The van der Waals surface area contributed by atoms with Crippen LogP contribution in [0.15, 0.2) is 28.7 Å². The summed E-state index contributed by atoms with van der Waals surface area (Å²) in [4.78, 5) is 23.3. The van der Waals surface area contributed by atoms with Gasteiger partial charge >= 0.3 is 5.97 Å². The van der Waals surface area contributed by atoms with Gasteiger partial charge in [-0.15, -0.1) is 0 Å². The van der Waals surface area contributed by atoms with Crippen molar-refractivity contribution in [1.29, 1.82) is 0 Å². The quantitative estimate of drug-likeness (QED) is 0.835. The van der Waals surface area contributed by atoms with Gasteiger partial charge in [0.05, 0.1) is 5.92 Å². The Morgan fingerprint density at radius 1 is 1.20 bits per heavy atom. The van der Waals surface area contributed by atoms with Crippen molar-refractivity contribution in [3.8, 4) is 0 Å². The van der Waals surface area contributed by atoms with Gasteiger partial charge in [0, 0.05) is 4.47 Å². The first-order valence-electron chi connectivity index (χ1n) is 6.60. The number of carboxylic acid groups (broad SMARTS) is 1. The molecule has 110 valence electrons. The standard InChI is InChI=1S/C15H20BrNO3/c1-9(2)8-13(15(19)20)17-14(18)10(3)11-4-6-12(16)7-5-11/h4-7,9-10,13H,8H2,1-3H3,(H,17,18)(H,19,20). The van der Waals surface area contributed by atoms with Crippen LogP contribution in [0.3, 0.4) is 0 Å². The minimum absolute atomic E-state index is 0.208. The fraction of sp³-hybridized carbons (Fsp3) is 0.467. The maximum Gasteiger partial charge on any atom is 0.326 e. The Hall–Kier alpha value is -1.36. The molecule has 2 N–H and O–H groups in total. The van der Waals surface area contributed by atoms with Crippen LogP contribution in [0.25, 0.3) is 0 Å². The Morgan fingerprint density at radius 3 is 2.20 bits per heavy atom. The van der Waals surface area contributed by atoms with E-state index in [-0.39, 0.29) is 17.7 Å². The molecular weight excluding hydrogens is 322 g/mol. The van der Waals surface area contributed by atoms with Gasteiger partial charge in [0.2, 0.25) is 5.91 Å². The molecule has 0 radical (unpaired) electrons. The van der Waals surface area contributed by atoms with Crippen LogP contribution in [-0.4, -0.2) is 23.0 Å². The fourth-order valence-electron chi connectivity index (χ4n) is 1.89. The maximum absolute atomic E-state index is 12.1. The number of amides is 1. The van der Waals surface area contributed by atoms with Crippen LogP contribution in [0.2, 0.25) is 0 Å². The molecule has 2 atom stereocenters. The first-order valence-corrected chi connectivity index (χ1v) is 7.39. The lowest BCUT2D eigenvalue weighted by atomic mass is 9.98. The number of carboxylic acids is 1. The molecular formula is C15H20BrNO3. The third kappa shape index (κ3) is 4.96. The second-order valence-electron chi connectivity index (χ2n) is 5.30. The highest BCUT2D eigenvalue weighted by molar-refractivity contribution is 9.10. The molecule has 0 aliphatic rings. The van der Waals surface area contributed by atoms with Crippen LogP contribution in [0.1, 0.15) is 38.7 Å². The SMILES string of the molecule is CC(C)CC(NC(=O)C(C)c1ccc(Br)cc1)C(=O)O. The molecule has 0 bridgehead atoms. The van der Waals surface area contributed by atoms with Crippen LogP contribution in [0, 0.1) is 5.92 Å². The van der Waals surface area contributed by atoms with Gasteiger partial charge in [0.1, 0.15) is 6.04 Å². The Labute approximate surface area is 127 Å². The van der Waals surface area contributed by atoms with E-state index in [1.54, 1.807) is 6.92 Å². The average Bonchev–Trinajstić information content (AvgIpc) is 2.37. The van der Waals surface area contributed by atoms with Gasteiger partial charge in [0.25, 0.3) is 0 Å². The van der Waals surface area contributed by atoms with E-state index in [4.69, 9.17) is 5.11 Å². The predicted octanol–water partition coefficient (Wildman–Crippen LogP) is 3.17. The zero-order valence-corrected chi connectivity index (χ0v) is 13.5. The third-order valence-corrected chi connectivity index (χ3v) is 3.61. The van der Waals surface area contributed by atoms with Crippen molar-refractivity contribution < 1.29 is 14.7 Å². The summed E-state index contributed by atoms with van der Waals surface area (Å²) in [6.07, 6.45) is 0.425. The van der Waals surface area contributed by atoms with Gasteiger partial charge in [-0.1, -0.05) is 41.9 Å². The second-order valence-corrected chi connectivity index (χ2v) is 6.22. The molecule has 0 aromatic heterocycles. The number of rotatable bonds is 6. The summed E-state index contributed by atoms with van der Waals surface area (Å²) < 4.78 is 0.942. The van der Waals surface area contributed by atoms with E-state index in [2.05, 4.69) is 21.2 Å². The number of carbonyl (C=O) groups is 2. The molecule has 20 heavy (non-hydrogen) atoms. The lowest BCUT2D eigenvalue weighted by Gasteiger charge is -2.19. The molecule has 0 saturated heterocycles. The monoisotopic (exact) mass is 341 g/mol. The highest BCUT2D eigenvalue weighted by Gasteiger charge is 2.24. The number of benzene rings is 1. The summed E-state index contributed by atoms with van der Waals surface area (Å²) >= 11 is 3.34. The molecule has 1 amide bonds. The van der Waals surface area contributed by atoms with Crippen molar-refractivity contribution in [2.75, 3.05) is 0 Å². The number of carbonyl (C=O) groups excluding carboxylic acids is 1. The van der Waals surface area contributed by atoms with Gasteiger partial charge in [0.15, 0.2) is 0 Å². The lowest BCUT2D eigenvalue weighted by molar-refractivity contribution is -0.142. The van der Waals surface area contributed by atoms with Crippen LogP contribution < -0.4 is 5.32 Å². The highest BCUT2D eigenvalue weighted by atomic mass is 79.9. The largest absolute Gasteiger partial charge is 0.480 e. The van der Waals surface area contributed by atoms with E-state index in [0.717, 1.165) is 10.0 Å². The Morgan fingerprint density at radius 2 is 1.75 bits per heavy atom. The van der Waals surface area contributed by atoms with Gasteiger partial charge in [-0.2, -0.15) is 0 Å². The first-order chi connectivity index (χ1) is 9.31. The predicted molar refractivity (Wildman–Crippen MR) is 81.6 cm³/mol. The molecule has 4 nitrogen and oxygen atoms in total. The topological polar surface area (TPSA) is 66.4 Å². The van der Waals surface area contributed by atoms with Crippen molar-refractivity contribution >= 4 is 27.8 Å². The first kappa shape index (κ1) is 16.7. The Bertz CT molecular complexity index is 471. The van der Waals surface area contributed by atoms with E-state index < -0.39 is 12.0 Å². The molecule has 0 spiro atoms. The van der Waals surface area contributed by atoms with Crippen molar-refractivity contribution in [3.05, 3.63) is 34.3 Å². The molecule has 0 aliphatic carbocycles. The smallest absolute Gasteiger partial charge is 0.326 e. The van der Waals surface area contributed by atoms with E-state index >= 15 is 0 Å². The summed E-state index contributed by atoms with van der Waals surface area (Å²) in [6.45, 7) is 5.63. The summed E-state index contributed by atoms with van der Waals surface area (Å²) in [5.74, 6) is -1.42. The van der Waals surface area contributed by atoms with Crippen molar-refractivity contribution in [3.63, 3.8) is 0 Å². The molecule has 1 aromatic rings. The Kier molecular flexibility index (Phi) is 6.20. The molecule has 1 rings (SSSR count). The molecule has 2 unspecified atom stereocenters. The molecule has 1 aromatic carbocycles. The summed E-state index contributed by atoms with van der Waals surface area (Å²) in [5, 5.41) is 11.7. The van der Waals surface area contributed by atoms with Crippen molar-refractivity contribution in [2.45, 2.75) is 39.2 Å². The number of halogens is 1. The molecule has 5 heteroatoms. The number of aliphatic carboxylic acids is 1.